The molecule has 0 heterocycles. The molecule has 3 N–H and O–H groups in total. The first kappa shape index (κ1) is 16.0. The topological polar surface area (TPSA) is 70.2 Å². The monoisotopic (exact) mass is 365 g/mol. The number of anilines is 1. The highest BCUT2D eigenvalue weighted by atomic mass is 79.9. The van der Waals surface area contributed by atoms with Crippen molar-refractivity contribution in [3.63, 3.8) is 0 Å². The highest BCUT2D eigenvalue weighted by molar-refractivity contribution is 9.10. The van der Waals surface area contributed by atoms with E-state index in [1.807, 2.05) is 0 Å². The van der Waals surface area contributed by atoms with E-state index >= 15 is 0 Å². The van der Waals surface area contributed by atoms with Gasteiger partial charge in [0.1, 0.15) is 5.82 Å². The van der Waals surface area contributed by atoms with Gasteiger partial charge in [-0.3, -0.25) is 20.4 Å². The lowest BCUT2D eigenvalue weighted by Gasteiger charge is -2.10. The molecule has 0 aliphatic heterocycles. The summed E-state index contributed by atoms with van der Waals surface area (Å²) in [4.78, 5) is 23.5. The minimum atomic E-state index is -0.497. The molecule has 0 saturated carbocycles. The van der Waals surface area contributed by atoms with Crippen molar-refractivity contribution < 1.29 is 14.0 Å². The van der Waals surface area contributed by atoms with Crippen molar-refractivity contribution in [3.05, 3.63) is 64.4 Å². The summed E-state index contributed by atoms with van der Waals surface area (Å²) in [7, 11) is 0. The molecular weight excluding hydrogens is 353 g/mol. The van der Waals surface area contributed by atoms with E-state index in [0.29, 0.717) is 10.0 Å². The van der Waals surface area contributed by atoms with E-state index in [1.165, 1.54) is 12.1 Å². The second kappa shape index (κ2) is 7.56. The highest BCUT2D eigenvalue weighted by Crippen LogP contribution is 2.15. The second-order valence-corrected chi connectivity index (χ2v) is 5.17. The number of para-hydroxylation sites is 1. The average Bonchev–Trinajstić information content (AvgIpc) is 2.52. The molecule has 2 aromatic carbocycles. The molecule has 2 amide bonds. The first-order valence-corrected chi connectivity index (χ1v) is 7.19. The van der Waals surface area contributed by atoms with Crippen LogP contribution < -0.4 is 16.2 Å². The van der Waals surface area contributed by atoms with Crippen LogP contribution in [0.25, 0.3) is 0 Å². The van der Waals surface area contributed by atoms with Gasteiger partial charge in [-0.15, -0.1) is 0 Å². The summed E-state index contributed by atoms with van der Waals surface area (Å²) in [5, 5.41) is 2.64. The SMILES string of the molecule is O=C(CNc1ccccc1F)NNC(=O)c1ccccc1Br. The van der Waals surface area contributed by atoms with Gasteiger partial charge in [-0.05, 0) is 40.2 Å². The van der Waals surface area contributed by atoms with Crippen LogP contribution in [0.5, 0.6) is 0 Å². The number of hydrazine groups is 1. The Bertz CT molecular complexity index is 694. The summed E-state index contributed by atoms with van der Waals surface area (Å²) in [5.74, 6) is -1.40. The molecule has 2 rings (SSSR count). The van der Waals surface area contributed by atoms with Crippen molar-refractivity contribution in [2.45, 2.75) is 0 Å². The summed E-state index contributed by atoms with van der Waals surface area (Å²) in [6.45, 7) is -0.169. The van der Waals surface area contributed by atoms with E-state index in [2.05, 4.69) is 32.1 Å². The average molecular weight is 366 g/mol. The van der Waals surface area contributed by atoms with E-state index in [1.54, 1.807) is 36.4 Å². The summed E-state index contributed by atoms with van der Waals surface area (Å²) in [6, 6.07) is 12.8. The van der Waals surface area contributed by atoms with Gasteiger partial charge in [-0.2, -0.15) is 0 Å². The summed E-state index contributed by atoms with van der Waals surface area (Å²) >= 11 is 3.25. The third-order valence-electron chi connectivity index (χ3n) is 2.75. The second-order valence-electron chi connectivity index (χ2n) is 4.32. The number of carbonyl (C=O) groups excluding carboxylic acids is 2. The van der Waals surface area contributed by atoms with Gasteiger partial charge in [-0.25, -0.2) is 4.39 Å². The molecule has 0 radical (unpaired) electrons. The van der Waals surface area contributed by atoms with Crippen molar-refractivity contribution in [2.24, 2.45) is 0 Å². The molecule has 0 unspecified atom stereocenters. The van der Waals surface area contributed by atoms with Gasteiger partial charge in [0.2, 0.25) is 0 Å². The fourth-order valence-corrected chi connectivity index (χ4v) is 2.13. The fourth-order valence-electron chi connectivity index (χ4n) is 1.66. The van der Waals surface area contributed by atoms with Gasteiger partial charge >= 0.3 is 0 Å². The van der Waals surface area contributed by atoms with E-state index < -0.39 is 17.6 Å². The van der Waals surface area contributed by atoms with Crippen molar-refractivity contribution >= 4 is 33.4 Å². The molecule has 0 saturated heterocycles. The number of nitrogens with one attached hydrogen (secondary N) is 3. The van der Waals surface area contributed by atoms with E-state index in [-0.39, 0.29) is 12.2 Å². The molecule has 0 aliphatic rings. The molecule has 0 spiro atoms. The molecule has 0 aliphatic carbocycles. The Labute approximate surface area is 135 Å². The number of hydrogen-bond acceptors (Lipinski definition) is 3. The zero-order valence-electron chi connectivity index (χ0n) is 11.4. The summed E-state index contributed by atoms with van der Waals surface area (Å²) in [6.07, 6.45) is 0. The molecule has 114 valence electrons. The zero-order valence-corrected chi connectivity index (χ0v) is 13.0. The smallest absolute Gasteiger partial charge is 0.270 e. The third kappa shape index (κ3) is 4.29. The van der Waals surface area contributed by atoms with E-state index in [0.717, 1.165) is 0 Å². The number of rotatable bonds is 4. The molecule has 0 aromatic heterocycles. The van der Waals surface area contributed by atoms with Gasteiger partial charge in [0.05, 0.1) is 17.8 Å². The van der Waals surface area contributed by atoms with Crippen LogP contribution in [0.1, 0.15) is 10.4 Å². The van der Waals surface area contributed by atoms with Crippen LogP contribution >= 0.6 is 15.9 Å². The van der Waals surface area contributed by atoms with Gasteiger partial charge < -0.3 is 5.32 Å². The fraction of sp³-hybridized carbons (Fsp3) is 0.0667. The Morgan fingerprint density at radius 2 is 1.68 bits per heavy atom. The van der Waals surface area contributed by atoms with Crippen LogP contribution in [0.4, 0.5) is 10.1 Å². The Balaban J connectivity index is 1.82. The number of amides is 2. The Hall–Kier alpha value is -2.41. The van der Waals surface area contributed by atoms with Crippen LogP contribution in [0.2, 0.25) is 0 Å². The number of benzene rings is 2. The van der Waals surface area contributed by atoms with Crippen molar-refractivity contribution in [3.8, 4) is 0 Å². The van der Waals surface area contributed by atoms with Crippen LogP contribution in [0, 0.1) is 5.82 Å². The standard InChI is InChI=1S/C15H13BrFN3O2/c16-11-6-2-1-5-10(11)15(22)20-19-14(21)9-18-13-8-4-3-7-12(13)17/h1-8,18H,9H2,(H,19,21)(H,20,22). The van der Waals surface area contributed by atoms with Crippen molar-refractivity contribution in [2.75, 3.05) is 11.9 Å². The first-order valence-electron chi connectivity index (χ1n) is 6.40. The molecule has 22 heavy (non-hydrogen) atoms. The maximum absolute atomic E-state index is 13.4. The lowest BCUT2D eigenvalue weighted by atomic mass is 10.2. The number of hydrogen-bond donors (Lipinski definition) is 3. The van der Waals surface area contributed by atoms with Gasteiger partial charge in [0.15, 0.2) is 0 Å². The lowest BCUT2D eigenvalue weighted by molar-refractivity contribution is -0.120. The highest BCUT2D eigenvalue weighted by Gasteiger charge is 2.10. The third-order valence-corrected chi connectivity index (χ3v) is 3.44. The Kier molecular flexibility index (Phi) is 5.48. The lowest BCUT2D eigenvalue weighted by Crippen LogP contribution is -2.44. The number of carbonyl (C=O) groups is 2. The van der Waals surface area contributed by atoms with E-state index in [9.17, 15) is 14.0 Å². The van der Waals surface area contributed by atoms with E-state index in [4.69, 9.17) is 0 Å². The minimum Gasteiger partial charge on any atom is -0.374 e. The summed E-state index contributed by atoms with van der Waals surface area (Å²) < 4.78 is 14.0. The van der Waals surface area contributed by atoms with Gasteiger partial charge in [0, 0.05) is 4.47 Å². The normalized spacial score (nSPS) is 9.91. The van der Waals surface area contributed by atoms with Crippen LogP contribution in [0.3, 0.4) is 0 Å². The van der Waals surface area contributed by atoms with Crippen LogP contribution in [0.15, 0.2) is 53.0 Å². The molecular formula is C15H13BrFN3O2. The first-order chi connectivity index (χ1) is 10.6. The van der Waals surface area contributed by atoms with Gasteiger partial charge in [-0.1, -0.05) is 24.3 Å². The molecule has 0 fully saturated rings. The molecule has 0 atom stereocenters. The van der Waals surface area contributed by atoms with Gasteiger partial charge in [0.25, 0.3) is 11.8 Å². The summed E-state index contributed by atoms with van der Waals surface area (Å²) in [5.41, 5.74) is 5.15. The largest absolute Gasteiger partial charge is 0.374 e. The maximum Gasteiger partial charge on any atom is 0.270 e. The Morgan fingerprint density at radius 1 is 1.00 bits per heavy atom. The predicted molar refractivity (Wildman–Crippen MR) is 84.6 cm³/mol. The van der Waals surface area contributed by atoms with Crippen LogP contribution in [-0.2, 0) is 4.79 Å². The Morgan fingerprint density at radius 3 is 2.41 bits per heavy atom. The molecule has 5 nitrogen and oxygen atoms in total. The number of halogens is 2. The molecule has 2 aromatic rings. The maximum atomic E-state index is 13.4. The van der Waals surface area contributed by atoms with Crippen molar-refractivity contribution in [1.29, 1.82) is 0 Å². The zero-order chi connectivity index (χ0) is 15.9. The molecule has 0 bridgehead atoms. The predicted octanol–water partition coefficient (Wildman–Crippen LogP) is 2.46. The molecule has 7 heteroatoms. The van der Waals surface area contributed by atoms with Crippen molar-refractivity contribution in [1.82, 2.24) is 10.9 Å². The van der Waals surface area contributed by atoms with Crippen LogP contribution in [-0.4, -0.2) is 18.4 Å². The minimum absolute atomic E-state index is 0.169. The quantitative estimate of drug-likeness (QED) is 0.729.